The van der Waals surface area contributed by atoms with Crippen LogP contribution in [0.15, 0.2) is 42.9 Å². The number of hydrogen-bond acceptors (Lipinski definition) is 10. The number of nitrogens with zero attached hydrogens (tertiary/aromatic N) is 2. The predicted octanol–water partition coefficient (Wildman–Crippen LogP) is 3.10. The van der Waals surface area contributed by atoms with Crippen LogP contribution in [-0.4, -0.2) is 53.1 Å². The molecule has 1 fully saturated rings. The molecule has 2 heterocycles. The molecule has 2 unspecified atom stereocenters. The molecule has 14 heteroatoms. The second-order valence-electron chi connectivity index (χ2n) is 8.91. The van der Waals surface area contributed by atoms with Gasteiger partial charge in [-0.2, -0.15) is 8.42 Å². The zero-order valence-electron chi connectivity index (χ0n) is 19.5. The number of nitrogens with one attached hydrogen (secondary N) is 1. The fraction of sp³-hybridized carbons (Fsp3) is 0.348. The molecule has 0 radical (unpaired) electrons. The van der Waals surface area contributed by atoms with Gasteiger partial charge in [0.05, 0.1) is 27.5 Å². The zero-order chi connectivity index (χ0) is 27.0. The third-order valence-corrected chi connectivity index (χ3v) is 8.28. The molecule has 0 saturated heterocycles. The largest absolute Gasteiger partial charge is 0.393 e. The van der Waals surface area contributed by atoms with Crippen molar-refractivity contribution in [1.29, 1.82) is 0 Å². The maximum atomic E-state index is 13.4. The lowest BCUT2D eigenvalue weighted by Crippen LogP contribution is -2.24. The highest BCUT2D eigenvalue weighted by atomic mass is 35.5. The van der Waals surface area contributed by atoms with Crippen molar-refractivity contribution in [2.24, 2.45) is 11.1 Å². The Morgan fingerprint density at radius 1 is 1.32 bits per heavy atom. The highest BCUT2D eigenvalue weighted by Crippen LogP contribution is 2.40. The van der Waals surface area contributed by atoms with E-state index in [0.29, 0.717) is 22.6 Å². The Labute approximate surface area is 227 Å². The van der Waals surface area contributed by atoms with Crippen LogP contribution in [0.1, 0.15) is 46.1 Å². The van der Waals surface area contributed by atoms with Crippen molar-refractivity contribution >= 4 is 56.4 Å². The number of thiophene rings is 1. The van der Waals surface area contributed by atoms with Crippen LogP contribution in [0.2, 0.25) is 9.36 Å². The van der Waals surface area contributed by atoms with E-state index in [1.165, 1.54) is 18.6 Å². The second-order valence-corrected chi connectivity index (χ2v) is 12.2. The number of anilines is 1. The molecule has 2 aromatic heterocycles. The third kappa shape index (κ3) is 6.47. The minimum atomic E-state index is -4.12. The van der Waals surface area contributed by atoms with Crippen LogP contribution in [-0.2, 0) is 20.1 Å². The van der Waals surface area contributed by atoms with E-state index in [9.17, 15) is 23.4 Å². The number of rotatable bonds is 9. The minimum absolute atomic E-state index is 0.174. The number of aliphatic hydroxyl groups is 2. The maximum Gasteiger partial charge on any atom is 0.333 e. The summed E-state index contributed by atoms with van der Waals surface area (Å²) in [6.07, 6.45) is 2.47. The molecule has 37 heavy (non-hydrogen) atoms. The number of hydrogen-bond donors (Lipinski definition) is 4. The maximum absolute atomic E-state index is 13.4. The van der Waals surface area contributed by atoms with Crippen LogP contribution in [0.5, 0.6) is 0 Å². The second kappa shape index (κ2) is 10.9. The van der Waals surface area contributed by atoms with Gasteiger partial charge in [0.2, 0.25) is 5.78 Å². The van der Waals surface area contributed by atoms with Crippen LogP contribution >= 0.6 is 34.5 Å². The first-order chi connectivity index (χ1) is 17.3. The predicted molar refractivity (Wildman–Crippen MR) is 140 cm³/mol. The summed E-state index contributed by atoms with van der Waals surface area (Å²) < 4.78 is 27.0. The number of benzene rings is 1. The van der Waals surface area contributed by atoms with Gasteiger partial charge in [-0.05, 0) is 43.5 Å². The average Bonchev–Trinajstić information content (AvgIpc) is 3.39. The summed E-state index contributed by atoms with van der Waals surface area (Å²) in [5.74, 6) is -0.627. The first-order valence-electron chi connectivity index (χ1n) is 11.1. The molecule has 0 aliphatic heterocycles. The summed E-state index contributed by atoms with van der Waals surface area (Å²) >= 11 is 13.6. The van der Waals surface area contributed by atoms with Gasteiger partial charge in [0.25, 0.3) is 0 Å². The monoisotopic (exact) mass is 586 g/mol. The van der Waals surface area contributed by atoms with Gasteiger partial charge in [0, 0.05) is 28.7 Å². The van der Waals surface area contributed by atoms with Crippen molar-refractivity contribution in [3.63, 3.8) is 0 Å². The molecular formula is C23H24Cl2N4O6S2. The zero-order valence-corrected chi connectivity index (χ0v) is 22.6. The standard InChI is InChI=1S/C23H24Cl2N4O6S2/c1-23(32,13-3-2-4-14(24)6-13)17-8-19(36-21(17)25)20(31)16-9-27-11-28-22(16)29-15-5-12(18(30)7-15)10-35-37(26,33)34/h2-4,6,8-9,11-12,15,18,30,32H,5,7,10H2,1H3,(H2,26,33,34)(H,27,28,29)/t12?,15-,18+,23?/m1/s1. The normalized spacial score (nSPS) is 21.5. The summed E-state index contributed by atoms with van der Waals surface area (Å²) in [7, 11) is -4.12. The molecule has 1 aliphatic carbocycles. The Hall–Kier alpha value is -2.16. The van der Waals surface area contributed by atoms with Crippen molar-refractivity contribution in [1.82, 2.24) is 9.97 Å². The quantitative estimate of drug-likeness (QED) is 0.275. The molecule has 1 aromatic carbocycles. The Kier molecular flexibility index (Phi) is 8.22. The molecule has 1 aliphatic rings. The Bertz CT molecular complexity index is 1420. The molecule has 3 aromatic rings. The first kappa shape index (κ1) is 27.9. The summed E-state index contributed by atoms with van der Waals surface area (Å²) in [5, 5.41) is 30.0. The van der Waals surface area contributed by atoms with Gasteiger partial charge in [0.1, 0.15) is 17.7 Å². The number of ketones is 1. The van der Waals surface area contributed by atoms with Gasteiger partial charge in [-0.25, -0.2) is 15.1 Å². The molecule has 4 atom stereocenters. The van der Waals surface area contributed by atoms with Gasteiger partial charge in [0.15, 0.2) is 0 Å². The van der Waals surface area contributed by atoms with Gasteiger partial charge in [-0.3, -0.25) is 8.98 Å². The minimum Gasteiger partial charge on any atom is -0.393 e. The molecular weight excluding hydrogens is 563 g/mol. The molecule has 0 amide bonds. The Balaban J connectivity index is 1.54. The lowest BCUT2D eigenvalue weighted by atomic mass is 9.89. The van der Waals surface area contributed by atoms with Crippen LogP contribution in [0.25, 0.3) is 0 Å². The summed E-state index contributed by atoms with van der Waals surface area (Å²) in [4.78, 5) is 21.9. The van der Waals surface area contributed by atoms with E-state index in [-0.39, 0.29) is 39.7 Å². The Morgan fingerprint density at radius 3 is 2.78 bits per heavy atom. The molecule has 0 bridgehead atoms. The van der Waals surface area contributed by atoms with E-state index >= 15 is 0 Å². The molecule has 0 spiro atoms. The highest BCUT2D eigenvalue weighted by molar-refractivity contribution is 7.84. The van der Waals surface area contributed by atoms with Gasteiger partial charge in [-0.1, -0.05) is 35.3 Å². The van der Waals surface area contributed by atoms with Crippen LogP contribution in [0.4, 0.5) is 5.82 Å². The molecule has 5 N–H and O–H groups in total. The number of nitrogens with two attached hydrogens (primary N) is 1. The van der Waals surface area contributed by atoms with E-state index in [1.54, 1.807) is 31.2 Å². The SMILES string of the molecule is CC(O)(c1cccc(Cl)c1)c1cc(C(=O)c2cncnc2N[C@@H]2CC(COS(N)(=O)=O)[C@@H](O)C2)sc1Cl. The van der Waals surface area contributed by atoms with Crippen LogP contribution in [0, 0.1) is 5.92 Å². The lowest BCUT2D eigenvalue weighted by Gasteiger charge is -2.23. The first-order valence-corrected chi connectivity index (χ1v) is 14.1. The molecule has 1 saturated carbocycles. The summed E-state index contributed by atoms with van der Waals surface area (Å²) in [6, 6.07) is 7.97. The van der Waals surface area contributed by atoms with Crippen molar-refractivity contribution in [2.45, 2.75) is 37.5 Å². The fourth-order valence-electron chi connectivity index (χ4n) is 4.28. The summed E-state index contributed by atoms with van der Waals surface area (Å²) in [5.41, 5.74) is -0.454. The Morgan fingerprint density at radius 2 is 2.08 bits per heavy atom. The van der Waals surface area contributed by atoms with Crippen molar-refractivity contribution in [3.05, 3.63) is 73.8 Å². The van der Waals surface area contributed by atoms with E-state index in [2.05, 4.69) is 19.5 Å². The van der Waals surface area contributed by atoms with Crippen molar-refractivity contribution in [3.8, 4) is 0 Å². The smallest absolute Gasteiger partial charge is 0.333 e. The number of carbonyl (C=O) groups is 1. The molecule has 4 rings (SSSR count). The average molecular weight is 588 g/mol. The number of aromatic nitrogens is 2. The molecule has 10 nitrogen and oxygen atoms in total. The van der Waals surface area contributed by atoms with Gasteiger partial charge < -0.3 is 15.5 Å². The highest BCUT2D eigenvalue weighted by Gasteiger charge is 2.35. The van der Waals surface area contributed by atoms with E-state index in [1.807, 2.05) is 0 Å². The van der Waals surface area contributed by atoms with E-state index < -0.39 is 33.7 Å². The number of aliphatic hydroxyl groups excluding tert-OH is 1. The topological polar surface area (TPSA) is 165 Å². The summed E-state index contributed by atoms with van der Waals surface area (Å²) in [6.45, 7) is 1.32. The number of carbonyl (C=O) groups excluding carboxylic acids is 1. The van der Waals surface area contributed by atoms with Crippen LogP contribution in [0.3, 0.4) is 0 Å². The van der Waals surface area contributed by atoms with Crippen molar-refractivity contribution < 1.29 is 27.6 Å². The third-order valence-electron chi connectivity index (χ3n) is 6.22. The lowest BCUT2D eigenvalue weighted by molar-refractivity contribution is 0.100. The fourth-order valence-corrected chi connectivity index (χ4v) is 6.26. The van der Waals surface area contributed by atoms with Gasteiger partial charge >= 0.3 is 10.3 Å². The van der Waals surface area contributed by atoms with E-state index in [4.69, 9.17) is 28.3 Å². The number of halogens is 2. The van der Waals surface area contributed by atoms with E-state index in [0.717, 1.165) is 11.3 Å². The van der Waals surface area contributed by atoms with Crippen molar-refractivity contribution in [2.75, 3.05) is 11.9 Å². The molecule has 198 valence electrons. The van der Waals surface area contributed by atoms with Crippen LogP contribution < -0.4 is 10.5 Å². The van der Waals surface area contributed by atoms with Gasteiger partial charge in [-0.15, -0.1) is 11.3 Å².